The van der Waals surface area contributed by atoms with Gasteiger partial charge in [-0.2, -0.15) is 0 Å². The summed E-state index contributed by atoms with van der Waals surface area (Å²) in [5.74, 6) is -0.0696. The van der Waals surface area contributed by atoms with Crippen molar-refractivity contribution in [2.45, 2.75) is 0 Å². The van der Waals surface area contributed by atoms with Crippen LogP contribution in [0, 0.1) is 0 Å². The number of Topliss-reactive ketones (excluding diaryl/α,β-unsaturated/α-hetero) is 1. The Morgan fingerprint density at radius 2 is 1.78 bits per heavy atom. The molecule has 1 heterocycles. The van der Waals surface area contributed by atoms with Gasteiger partial charge in [-0.05, 0) is 35.9 Å². The van der Waals surface area contributed by atoms with E-state index < -0.39 is 5.75 Å². The highest BCUT2D eigenvalue weighted by Gasteiger charge is 2.31. The van der Waals surface area contributed by atoms with Crippen LogP contribution in [0.5, 0.6) is 28.7 Å². The predicted molar refractivity (Wildman–Crippen MR) is 82.3 cm³/mol. The molecule has 0 saturated carbocycles. The minimum atomic E-state index is -0.452. The Morgan fingerprint density at radius 3 is 2.48 bits per heavy atom. The summed E-state index contributed by atoms with van der Waals surface area (Å²) < 4.78 is 15.8. The predicted octanol–water partition coefficient (Wildman–Crippen LogP) is 2.73. The highest BCUT2D eigenvalue weighted by molar-refractivity contribution is 6.15. The van der Waals surface area contributed by atoms with Crippen molar-refractivity contribution in [1.29, 1.82) is 0 Å². The summed E-state index contributed by atoms with van der Waals surface area (Å²) in [5.41, 5.74) is 0.870. The zero-order valence-corrected chi connectivity index (χ0v) is 12.5. The van der Waals surface area contributed by atoms with E-state index in [1.54, 1.807) is 18.2 Å². The van der Waals surface area contributed by atoms with E-state index in [9.17, 15) is 15.0 Å². The third-order valence-corrected chi connectivity index (χ3v) is 3.50. The largest absolute Gasteiger partial charge is 0.504 e. The molecule has 118 valence electrons. The fourth-order valence-electron chi connectivity index (χ4n) is 2.32. The molecule has 0 saturated heterocycles. The number of ketones is 1. The first-order valence-corrected chi connectivity index (χ1v) is 6.76. The summed E-state index contributed by atoms with van der Waals surface area (Å²) in [5, 5.41) is 19.3. The van der Waals surface area contributed by atoms with Gasteiger partial charge in [0.05, 0.1) is 19.8 Å². The van der Waals surface area contributed by atoms with E-state index in [1.165, 1.54) is 32.4 Å². The molecule has 0 aromatic heterocycles. The molecule has 0 fully saturated rings. The van der Waals surface area contributed by atoms with Gasteiger partial charge in [0.1, 0.15) is 0 Å². The van der Waals surface area contributed by atoms with Crippen molar-refractivity contribution in [3.05, 3.63) is 47.2 Å². The molecule has 0 amide bonds. The summed E-state index contributed by atoms with van der Waals surface area (Å²) in [7, 11) is 3.05. The lowest BCUT2D eigenvalue weighted by molar-refractivity contribution is 0.101. The monoisotopic (exact) mass is 314 g/mol. The Hall–Kier alpha value is -3.15. The molecule has 0 atom stereocenters. The second-order valence-corrected chi connectivity index (χ2v) is 4.86. The number of methoxy groups -OCH3 is 2. The highest BCUT2D eigenvalue weighted by Crippen LogP contribution is 2.44. The lowest BCUT2D eigenvalue weighted by Crippen LogP contribution is -1.98. The molecule has 0 unspecified atom stereocenters. The summed E-state index contributed by atoms with van der Waals surface area (Å²) >= 11 is 0. The Labute approximate surface area is 132 Å². The number of carbonyl (C=O) groups excluding carboxylic acids is 1. The molecule has 2 aromatic carbocycles. The van der Waals surface area contributed by atoms with Gasteiger partial charge in [0.15, 0.2) is 28.8 Å². The molecule has 0 spiro atoms. The molecule has 3 rings (SSSR count). The number of phenolic OH excluding ortho intramolecular Hbond substituents is 2. The molecule has 2 aromatic rings. The van der Waals surface area contributed by atoms with Crippen molar-refractivity contribution in [3.63, 3.8) is 0 Å². The van der Waals surface area contributed by atoms with Crippen LogP contribution in [0.3, 0.4) is 0 Å². The lowest BCUT2D eigenvalue weighted by atomic mass is 10.1. The maximum atomic E-state index is 12.3. The van der Waals surface area contributed by atoms with Crippen LogP contribution >= 0.6 is 0 Å². The molecule has 1 aliphatic heterocycles. The number of fused-ring (bicyclic) bond motifs is 1. The topological polar surface area (TPSA) is 85.2 Å². The van der Waals surface area contributed by atoms with E-state index in [0.29, 0.717) is 17.1 Å². The smallest absolute Gasteiger partial charge is 0.232 e. The SMILES string of the molecule is COc1ccc(/C=C2/Oc3c(ccc(O)c3O)C2=O)cc1OC. The Bertz CT molecular complexity index is 822. The Balaban J connectivity index is 1.99. The maximum Gasteiger partial charge on any atom is 0.232 e. The second-order valence-electron chi connectivity index (χ2n) is 4.86. The van der Waals surface area contributed by atoms with Crippen LogP contribution in [0.1, 0.15) is 15.9 Å². The van der Waals surface area contributed by atoms with Crippen LogP contribution in [0.4, 0.5) is 0 Å². The lowest BCUT2D eigenvalue weighted by Gasteiger charge is -2.08. The zero-order valence-electron chi connectivity index (χ0n) is 12.5. The Kier molecular flexibility index (Phi) is 3.57. The van der Waals surface area contributed by atoms with Crippen molar-refractivity contribution >= 4 is 11.9 Å². The summed E-state index contributed by atoms with van der Waals surface area (Å²) in [6.45, 7) is 0. The minimum Gasteiger partial charge on any atom is -0.504 e. The van der Waals surface area contributed by atoms with E-state index in [1.807, 2.05) is 0 Å². The standard InChI is InChI=1S/C17H14O6/c1-21-12-6-3-9(7-13(12)22-2)8-14-15(19)10-4-5-11(18)16(20)17(10)23-14/h3-8,18,20H,1-2H3/b14-8+. The van der Waals surface area contributed by atoms with Gasteiger partial charge in [0.25, 0.3) is 0 Å². The number of hydrogen-bond acceptors (Lipinski definition) is 6. The van der Waals surface area contributed by atoms with Gasteiger partial charge in [-0.15, -0.1) is 0 Å². The number of ether oxygens (including phenoxy) is 3. The number of hydrogen-bond donors (Lipinski definition) is 2. The van der Waals surface area contributed by atoms with Crippen LogP contribution in [-0.4, -0.2) is 30.2 Å². The van der Waals surface area contributed by atoms with E-state index in [-0.39, 0.29) is 28.6 Å². The van der Waals surface area contributed by atoms with Crippen LogP contribution in [-0.2, 0) is 0 Å². The summed E-state index contributed by atoms with van der Waals surface area (Å²) in [6.07, 6.45) is 1.53. The molecule has 6 heteroatoms. The maximum absolute atomic E-state index is 12.3. The van der Waals surface area contributed by atoms with Gasteiger partial charge in [0, 0.05) is 0 Å². The minimum absolute atomic E-state index is 0.0401. The van der Waals surface area contributed by atoms with Gasteiger partial charge < -0.3 is 24.4 Å². The molecule has 23 heavy (non-hydrogen) atoms. The quantitative estimate of drug-likeness (QED) is 0.669. The van der Waals surface area contributed by atoms with E-state index >= 15 is 0 Å². The van der Waals surface area contributed by atoms with E-state index in [4.69, 9.17) is 14.2 Å². The van der Waals surface area contributed by atoms with Gasteiger partial charge >= 0.3 is 0 Å². The highest BCUT2D eigenvalue weighted by atomic mass is 16.5. The van der Waals surface area contributed by atoms with Crippen molar-refractivity contribution in [2.24, 2.45) is 0 Å². The molecular weight excluding hydrogens is 300 g/mol. The van der Waals surface area contributed by atoms with Crippen LogP contribution in [0.2, 0.25) is 0 Å². The molecule has 0 bridgehead atoms. The van der Waals surface area contributed by atoms with Gasteiger partial charge in [-0.1, -0.05) is 6.07 Å². The molecule has 2 N–H and O–H groups in total. The first kappa shape index (κ1) is 14.8. The van der Waals surface area contributed by atoms with Crippen molar-refractivity contribution < 1.29 is 29.2 Å². The van der Waals surface area contributed by atoms with Gasteiger partial charge in [0.2, 0.25) is 11.5 Å². The molecule has 0 aliphatic carbocycles. The van der Waals surface area contributed by atoms with Crippen LogP contribution in [0.15, 0.2) is 36.1 Å². The first-order chi connectivity index (χ1) is 11.0. The van der Waals surface area contributed by atoms with Crippen LogP contribution in [0.25, 0.3) is 6.08 Å². The van der Waals surface area contributed by atoms with Crippen molar-refractivity contribution in [3.8, 4) is 28.7 Å². The van der Waals surface area contributed by atoms with Gasteiger partial charge in [-0.3, -0.25) is 4.79 Å². The number of rotatable bonds is 3. The number of aromatic hydroxyl groups is 2. The number of allylic oxidation sites excluding steroid dienone is 1. The average molecular weight is 314 g/mol. The zero-order chi connectivity index (χ0) is 16.6. The summed E-state index contributed by atoms with van der Waals surface area (Å²) in [4.78, 5) is 12.3. The third-order valence-electron chi connectivity index (χ3n) is 3.50. The average Bonchev–Trinajstić information content (AvgIpc) is 2.88. The molecule has 6 nitrogen and oxygen atoms in total. The Morgan fingerprint density at radius 1 is 1.04 bits per heavy atom. The number of phenols is 2. The molecular formula is C17H14O6. The number of carbonyl (C=O) groups is 1. The van der Waals surface area contributed by atoms with E-state index in [2.05, 4.69) is 0 Å². The summed E-state index contributed by atoms with van der Waals surface area (Å²) in [6, 6.07) is 7.80. The van der Waals surface area contributed by atoms with Crippen molar-refractivity contribution in [2.75, 3.05) is 14.2 Å². The molecule has 0 radical (unpaired) electrons. The fraction of sp³-hybridized carbons (Fsp3) is 0.118. The number of benzene rings is 2. The second kappa shape index (κ2) is 5.57. The fourth-order valence-corrected chi connectivity index (χ4v) is 2.32. The van der Waals surface area contributed by atoms with E-state index in [0.717, 1.165) is 0 Å². The molecule has 1 aliphatic rings. The van der Waals surface area contributed by atoms with Crippen molar-refractivity contribution in [1.82, 2.24) is 0 Å². The van der Waals surface area contributed by atoms with Crippen LogP contribution < -0.4 is 14.2 Å². The first-order valence-electron chi connectivity index (χ1n) is 6.76. The third kappa shape index (κ3) is 2.44. The van der Waals surface area contributed by atoms with Gasteiger partial charge in [-0.25, -0.2) is 0 Å². The normalized spacial score (nSPS) is 14.5.